The zero-order valence-electron chi connectivity index (χ0n) is 11.5. The van der Waals surface area contributed by atoms with Gasteiger partial charge in [0.05, 0.1) is 6.54 Å². The number of terminal acetylenes is 1. The number of likely N-dealkylation sites (tertiary alicyclic amines) is 1. The number of carbonyl (C=O) groups is 1. The molecule has 2 rings (SSSR count). The van der Waals surface area contributed by atoms with E-state index in [4.69, 9.17) is 6.42 Å². The minimum Gasteiger partial charge on any atom is -0.396 e. The molecule has 0 aliphatic carbocycles. The molecule has 1 aromatic carbocycles. The average Bonchev–Trinajstić information content (AvgIpc) is 2.52. The third-order valence-corrected chi connectivity index (χ3v) is 3.57. The molecule has 0 saturated carbocycles. The van der Waals surface area contributed by atoms with Crippen LogP contribution in [0.15, 0.2) is 24.3 Å². The third-order valence-electron chi connectivity index (χ3n) is 3.57. The van der Waals surface area contributed by atoms with Crippen LogP contribution in [0, 0.1) is 18.3 Å². The van der Waals surface area contributed by atoms with Gasteiger partial charge in [-0.2, -0.15) is 0 Å². The first kappa shape index (κ1) is 14.4. The van der Waals surface area contributed by atoms with Crippen LogP contribution in [0.4, 0.5) is 5.69 Å². The fraction of sp³-hybridized carbons (Fsp3) is 0.438. The summed E-state index contributed by atoms with van der Waals surface area (Å²) >= 11 is 0. The largest absolute Gasteiger partial charge is 0.396 e. The molecule has 1 fully saturated rings. The van der Waals surface area contributed by atoms with E-state index in [9.17, 15) is 9.90 Å². The molecule has 20 heavy (non-hydrogen) atoms. The fourth-order valence-corrected chi connectivity index (χ4v) is 2.50. The van der Waals surface area contributed by atoms with E-state index in [2.05, 4.69) is 11.2 Å². The number of hydrogen-bond acceptors (Lipinski definition) is 3. The van der Waals surface area contributed by atoms with Crippen LogP contribution >= 0.6 is 0 Å². The zero-order valence-corrected chi connectivity index (χ0v) is 11.5. The van der Waals surface area contributed by atoms with E-state index in [0.29, 0.717) is 18.7 Å². The van der Waals surface area contributed by atoms with Gasteiger partial charge >= 0.3 is 0 Å². The molecule has 0 radical (unpaired) electrons. The molecule has 1 amide bonds. The average molecular weight is 272 g/mol. The van der Waals surface area contributed by atoms with Crippen LogP contribution in [0.5, 0.6) is 0 Å². The first-order valence-electron chi connectivity index (χ1n) is 6.92. The molecule has 1 aliphatic rings. The summed E-state index contributed by atoms with van der Waals surface area (Å²) in [5.41, 5.74) is 1.51. The van der Waals surface area contributed by atoms with Gasteiger partial charge in [-0.25, -0.2) is 0 Å². The molecular formula is C16H20N2O2. The van der Waals surface area contributed by atoms with Gasteiger partial charge in [0, 0.05) is 30.9 Å². The number of nitrogens with one attached hydrogen (secondary N) is 1. The van der Waals surface area contributed by atoms with E-state index in [1.165, 1.54) is 0 Å². The normalized spacial score (nSPS) is 18.4. The van der Waals surface area contributed by atoms with Crippen molar-refractivity contribution in [2.45, 2.75) is 12.8 Å². The van der Waals surface area contributed by atoms with Gasteiger partial charge < -0.3 is 15.3 Å². The number of anilines is 1. The minimum atomic E-state index is 0.0208. The Balaban J connectivity index is 2.06. The lowest BCUT2D eigenvalue weighted by Crippen LogP contribution is -2.40. The first-order chi connectivity index (χ1) is 9.74. The third kappa shape index (κ3) is 3.52. The number of nitrogens with zero attached hydrogens (tertiary/aromatic N) is 1. The highest BCUT2D eigenvalue weighted by molar-refractivity contribution is 5.95. The topological polar surface area (TPSA) is 52.6 Å². The summed E-state index contributed by atoms with van der Waals surface area (Å²) < 4.78 is 0. The van der Waals surface area contributed by atoms with E-state index >= 15 is 0 Å². The number of aliphatic hydroxyl groups excluding tert-OH is 1. The van der Waals surface area contributed by atoms with E-state index in [0.717, 1.165) is 25.1 Å². The lowest BCUT2D eigenvalue weighted by molar-refractivity contribution is 0.0621. The highest BCUT2D eigenvalue weighted by Gasteiger charge is 2.23. The summed E-state index contributed by atoms with van der Waals surface area (Å²) in [6.45, 7) is 1.98. The molecule has 1 saturated heterocycles. The van der Waals surface area contributed by atoms with Crippen molar-refractivity contribution >= 4 is 11.6 Å². The predicted octanol–water partition coefficient (Wildman–Crippen LogP) is 1.58. The van der Waals surface area contributed by atoms with Crippen LogP contribution in [0.25, 0.3) is 0 Å². The van der Waals surface area contributed by atoms with Crippen LogP contribution < -0.4 is 5.32 Å². The molecule has 1 aromatic rings. The summed E-state index contributed by atoms with van der Waals surface area (Å²) in [4.78, 5) is 14.3. The maximum atomic E-state index is 12.5. The minimum absolute atomic E-state index is 0.0208. The van der Waals surface area contributed by atoms with Crippen molar-refractivity contribution < 1.29 is 9.90 Å². The molecule has 1 atom stereocenters. The van der Waals surface area contributed by atoms with Gasteiger partial charge in [0.1, 0.15) is 0 Å². The van der Waals surface area contributed by atoms with E-state index in [-0.39, 0.29) is 18.4 Å². The Morgan fingerprint density at radius 1 is 1.55 bits per heavy atom. The Morgan fingerprint density at radius 3 is 3.15 bits per heavy atom. The van der Waals surface area contributed by atoms with Crippen molar-refractivity contribution in [2.24, 2.45) is 5.92 Å². The predicted molar refractivity (Wildman–Crippen MR) is 79.5 cm³/mol. The molecule has 4 nitrogen and oxygen atoms in total. The number of benzene rings is 1. The zero-order chi connectivity index (χ0) is 14.4. The second-order valence-corrected chi connectivity index (χ2v) is 5.08. The standard InChI is InChI=1S/C16H20N2O2/c1-2-8-17-15-7-3-6-14(10-15)16(20)18-9-4-5-13(11-18)12-19/h1,3,6-7,10,13,17,19H,4-5,8-9,11-12H2. The van der Waals surface area contributed by atoms with Crippen LogP contribution in [0.1, 0.15) is 23.2 Å². The summed E-state index contributed by atoms with van der Waals surface area (Å²) in [5, 5.41) is 12.3. The molecule has 106 valence electrons. The van der Waals surface area contributed by atoms with Crippen molar-refractivity contribution in [3.63, 3.8) is 0 Å². The van der Waals surface area contributed by atoms with E-state index < -0.39 is 0 Å². The Morgan fingerprint density at radius 2 is 2.40 bits per heavy atom. The van der Waals surface area contributed by atoms with Crippen LogP contribution in [0.3, 0.4) is 0 Å². The second kappa shape index (κ2) is 6.97. The van der Waals surface area contributed by atoms with Crippen LogP contribution in [-0.2, 0) is 0 Å². The molecule has 1 aliphatic heterocycles. The van der Waals surface area contributed by atoms with Crippen LogP contribution in [-0.4, -0.2) is 42.2 Å². The van der Waals surface area contributed by atoms with Gasteiger partial charge in [-0.1, -0.05) is 12.0 Å². The molecule has 1 heterocycles. The van der Waals surface area contributed by atoms with Crippen LogP contribution in [0.2, 0.25) is 0 Å². The highest BCUT2D eigenvalue weighted by atomic mass is 16.3. The lowest BCUT2D eigenvalue weighted by Gasteiger charge is -2.32. The molecule has 0 aromatic heterocycles. The van der Waals surface area contributed by atoms with Crippen molar-refractivity contribution in [3.8, 4) is 12.3 Å². The van der Waals surface area contributed by atoms with Crippen molar-refractivity contribution in [1.82, 2.24) is 4.90 Å². The van der Waals surface area contributed by atoms with Crippen molar-refractivity contribution in [2.75, 3.05) is 31.6 Å². The number of piperidine rings is 1. The summed E-state index contributed by atoms with van der Waals surface area (Å²) in [6, 6.07) is 7.37. The number of amides is 1. The van der Waals surface area contributed by atoms with E-state index in [1.807, 2.05) is 29.2 Å². The van der Waals surface area contributed by atoms with E-state index in [1.54, 1.807) is 0 Å². The van der Waals surface area contributed by atoms with Gasteiger partial charge in [0.25, 0.3) is 5.91 Å². The summed E-state index contributed by atoms with van der Waals surface area (Å²) in [6.07, 6.45) is 7.15. The Hall–Kier alpha value is -1.99. The summed E-state index contributed by atoms with van der Waals surface area (Å²) in [5.74, 6) is 2.73. The number of carbonyl (C=O) groups excluding carboxylic acids is 1. The lowest BCUT2D eigenvalue weighted by atomic mass is 9.98. The van der Waals surface area contributed by atoms with Gasteiger partial charge in [-0.05, 0) is 37.0 Å². The maximum Gasteiger partial charge on any atom is 0.253 e. The molecule has 0 spiro atoms. The van der Waals surface area contributed by atoms with Gasteiger partial charge in [0.15, 0.2) is 0 Å². The molecule has 4 heteroatoms. The second-order valence-electron chi connectivity index (χ2n) is 5.08. The Bertz CT molecular complexity index is 507. The molecular weight excluding hydrogens is 252 g/mol. The SMILES string of the molecule is C#CCNc1cccc(C(=O)N2CCCC(CO)C2)c1. The van der Waals surface area contributed by atoms with Gasteiger partial charge in [-0.15, -0.1) is 6.42 Å². The van der Waals surface area contributed by atoms with Crippen molar-refractivity contribution in [1.29, 1.82) is 0 Å². The van der Waals surface area contributed by atoms with Gasteiger partial charge in [-0.3, -0.25) is 4.79 Å². The van der Waals surface area contributed by atoms with Crippen molar-refractivity contribution in [3.05, 3.63) is 29.8 Å². The Kier molecular flexibility index (Phi) is 5.03. The fourth-order valence-electron chi connectivity index (χ4n) is 2.50. The Labute approximate surface area is 119 Å². The number of rotatable bonds is 4. The highest BCUT2D eigenvalue weighted by Crippen LogP contribution is 2.19. The molecule has 0 bridgehead atoms. The maximum absolute atomic E-state index is 12.5. The first-order valence-corrected chi connectivity index (χ1v) is 6.92. The molecule has 2 N–H and O–H groups in total. The smallest absolute Gasteiger partial charge is 0.253 e. The van der Waals surface area contributed by atoms with Gasteiger partial charge in [0.2, 0.25) is 0 Å². The molecule has 1 unspecified atom stereocenters. The summed E-state index contributed by atoms with van der Waals surface area (Å²) in [7, 11) is 0. The number of hydrogen-bond donors (Lipinski definition) is 2. The number of aliphatic hydroxyl groups is 1. The quantitative estimate of drug-likeness (QED) is 0.818. The monoisotopic (exact) mass is 272 g/mol.